The summed E-state index contributed by atoms with van der Waals surface area (Å²) in [4.78, 5) is 13.3. The van der Waals surface area contributed by atoms with Gasteiger partial charge in [0, 0.05) is 25.3 Å². The van der Waals surface area contributed by atoms with Crippen LogP contribution in [0.25, 0.3) is 0 Å². The van der Waals surface area contributed by atoms with Crippen LogP contribution in [0.3, 0.4) is 0 Å². The Kier molecular flexibility index (Phi) is 4.47. The van der Waals surface area contributed by atoms with Gasteiger partial charge in [-0.15, -0.1) is 0 Å². The van der Waals surface area contributed by atoms with Gasteiger partial charge in [-0.25, -0.2) is 4.39 Å². The van der Waals surface area contributed by atoms with Crippen molar-refractivity contribution in [3.05, 3.63) is 52.3 Å². The average Bonchev–Trinajstić information content (AvgIpc) is 2.44. The van der Waals surface area contributed by atoms with Gasteiger partial charge in [0.15, 0.2) is 0 Å². The highest BCUT2D eigenvalue weighted by atomic mass is 79.9. The van der Waals surface area contributed by atoms with Gasteiger partial charge in [0.25, 0.3) is 5.91 Å². The standard InChI is InChI=1S/C15H15BrFN3O/c1-20(2)15(21)9-3-6-14(13(18)7-9)19-10-4-5-11(16)12(17)8-10/h3-8,19H,18H2,1-2H3. The summed E-state index contributed by atoms with van der Waals surface area (Å²) < 4.78 is 13.9. The van der Waals surface area contributed by atoms with Crippen molar-refractivity contribution in [1.29, 1.82) is 0 Å². The maximum Gasteiger partial charge on any atom is 0.253 e. The molecule has 0 aliphatic carbocycles. The number of amides is 1. The van der Waals surface area contributed by atoms with Crippen LogP contribution in [0.15, 0.2) is 40.9 Å². The van der Waals surface area contributed by atoms with Crippen LogP contribution in [0.5, 0.6) is 0 Å². The van der Waals surface area contributed by atoms with Crippen molar-refractivity contribution in [2.24, 2.45) is 0 Å². The van der Waals surface area contributed by atoms with Crippen LogP contribution in [0, 0.1) is 5.82 Å². The number of anilines is 3. The number of nitrogens with one attached hydrogen (secondary N) is 1. The smallest absolute Gasteiger partial charge is 0.253 e. The van der Waals surface area contributed by atoms with Crippen LogP contribution >= 0.6 is 15.9 Å². The third-order valence-corrected chi connectivity index (χ3v) is 3.55. The Morgan fingerprint density at radius 1 is 1.24 bits per heavy atom. The third-order valence-electron chi connectivity index (χ3n) is 2.90. The number of benzene rings is 2. The third kappa shape index (κ3) is 3.52. The molecule has 0 atom stereocenters. The number of nitrogens with zero attached hydrogens (tertiary/aromatic N) is 1. The Labute approximate surface area is 130 Å². The van der Waals surface area contributed by atoms with Crippen LogP contribution < -0.4 is 11.1 Å². The second-order valence-electron chi connectivity index (χ2n) is 4.76. The van der Waals surface area contributed by atoms with E-state index in [4.69, 9.17) is 5.73 Å². The number of rotatable bonds is 3. The zero-order valence-electron chi connectivity index (χ0n) is 11.7. The molecule has 0 radical (unpaired) electrons. The predicted octanol–water partition coefficient (Wildman–Crippen LogP) is 3.62. The summed E-state index contributed by atoms with van der Waals surface area (Å²) in [6.07, 6.45) is 0. The normalized spacial score (nSPS) is 10.3. The van der Waals surface area contributed by atoms with Crippen LogP contribution in [0.1, 0.15) is 10.4 Å². The van der Waals surface area contributed by atoms with Gasteiger partial charge in [0.2, 0.25) is 0 Å². The van der Waals surface area contributed by atoms with E-state index in [9.17, 15) is 9.18 Å². The van der Waals surface area contributed by atoms with E-state index in [0.29, 0.717) is 27.1 Å². The summed E-state index contributed by atoms with van der Waals surface area (Å²) in [6.45, 7) is 0. The molecule has 0 saturated carbocycles. The van der Waals surface area contributed by atoms with Crippen molar-refractivity contribution in [2.45, 2.75) is 0 Å². The molecule has 2 aromatic carbocycles. The second kappa shape index (κ2) is 6.13. The van der Waals surface area contributed by atoms with E-state index in [1.165, 1.54) is 11.0 Å². The predicted molar refractivity (Wildman–Crippen MR) is 86.3 cm³/mol. The zero-order valence-corrected chi connectivity index (χ0v) is 13.2. The molecule has 0 unspecified atom stereocenters. The number of carbonyl (C=O) groups is 1. The molecule has 0 aliphatic rings. The Bertz CT molecular complexity index is 689. The van der Waals surface area contributed by atoms with Crippen LogP contribution in [0.4, 0.5) is 21.5 Å². The number of halogens is 2. The number of nitrogens with two attached hydrogens (primary N) is 1. The van der Waals surface area contributed by atoms with Crippen molar-refractivity contribution in [2.75, 3.05) is 25.1 Å². The molecule has 0 bridgehead atoms. The minimum Gasteiger partial charge on any atom is -0.397 e. The van der Waals surface area contributed by atoms with Gasteiger partial charge in [-0.1, -0.05) is 0 Å². The molecule has 0 heterocycles. The Morgan fingerprint density at radius 2 is 1.95 bits per heavy atom. The fourth-order valence-corrected chi connectivity index (χ4v) is 2.04. The van der Waals surface area contributed by atoms with Gasteiger partial charge in [-0.05, 0) is 52.3 Å². The highest BCUT2D eigenvalue weighted by Gasteiger charge is 2.10. The number of nitrogen functional groups attached to an aromatic ring is 1. The minimum atomic E-state index is -0.363. The van der Waals surface area contributed by atoms with Crippen molar-refractivity contribution in [1.82, 2.24) is 4.90 Å². The van der Waals surface area contributed by atoms with Crippen molar-refractivity contribution in [3.63, 3.8) is 0 Å². The Balaban J connectivity index is 2.25. The van der Waals surface area contributed by atoms with E-state index in [1.807, 2.05) is 0 Å². The molecule has 0 saturated heterocycles. The Morgan fingerprint density at radius 3 is 2.52 bits per heavy atom. The van der Waals surface area contributed by atoms with Crippen LogP contribution in [-0.4, -0.2) is 24.9 Å². The molecule has 21 heavy (non-hydrogen) atoms. The van der Waals surface area contributed by atoms with Gasteiger partial charge in [0.05, 0.1) is 15.8 Å². The van der Waals surface area contributed by atoms with E-state index < -0.39 is 0 Å². The Hall–Kier alpha value is -2.08. The van der Waals surface area contributed by atoms with Gasteiger partial charge < -0.3 is 16.0 Å². The van der Waals surface area contributed by atoms with Gasteiger partial charge in [-0.3, -0.25) is 4.79 Å². The lowest BCUT2D eigenvalue weighted by molar-refractivity contribution is 0.0827. The van der Waals surface area contributed by atoms with Crippen molar-refractivity contribution in [3.8, 4) is 0 Å². The quantitative estimate of drug-likeness (QED) is 0.830. The lowest BCUT2D eigenvalue weighted by atomic mass is 10.1. The number of hydrogen-bond donors (Lipinski definition) is 2. The molecular weight excluding hydrogens is 337 g/mol. The molecule has 0 fully saturated rings. The topological polar surface area (TPSA) is 58.4 Å². The zero-order chi connectivity index (χ0) is 15.6. The molecule has 6 heteroatoms. The monoisotopic (exact) mass is 351 g/mol. The van der Waals surface area contributed by atoms with E-state index >= 15 is 0 Å². The van der Waals surface area contributed by atoms with E-state index in [2.05, 4.69) is 21.2 Å². The molecule has 0 spiro atoms. The molecule has 2 aromatic rings. The average molecular weight is 352 g/mol. The lowest BCUT2D eigenvalue weighted by Gasteiger charge is -2.13. The first kappa shape index (κ1) is 15.3. The lowest BCUT2D eigenvalue weighted by Crippen LogP contribution is -2.21. The van der Waals surface area contributed by atoms with Crippen LogP contribution in [-0.2, 0) is 0 Å². The molecule has 2 rings (SSSR count). The first-order chi connectivity index (χ1) is 9.88. The van der Waals surface area contributed by atoms with Crippen LogP contribution in [0.2, 0.25) is 0 Å². The summed E-state index contributed by atoms with van der Waals surface area (Å²) in [6, 6.07) is 9.67. The van der Waals surface area contributed by atoms with Crippen molar-refractivity contribution >= 4 is 38.9 Å². The molecular formula is C15H15BrFN3O. The highest BCUT2D eigenvalue weighted by Crippen LogP contribution is 2.26. The summed E-state index contributed by atoms with van der Waals surface area (Å²) in [5.74, 6) is -0.485. The molecule has 110 valence electrons. The second-order valence-corrected chi connectivity index (χ2v) is 5.61. The molecule has 0 aromatic heterocycles. The summed E-state index contributed by atoms with van der Waals surface area (Å²) in [5, 5.41) is 3.02. The van der Waals surface area contributed by atoms with Gasteiger partial charge in [0.1, 0.15) is 5.82 Å². The van der Waals surface area contributed by atoms with E-state index in [1.54, 1.807) is 44.4 Å². The highest BCUT2D eigenvalue weighted by molar-refractivity contribution is 9.10. The fraction of sp³-hybridized carbons (Fsp3) is 0.133. The maximum atomic E-state index is 13.5. The molecule has 4 nitrogen and oxygen atoms in total. The first-order valence-electron chi connectivity index (χ1n) is 6.21. The summed E-state index contributed by atoms with van der Waals surface area (Å²) in [5.41, 5.74) is 8.06. The fourth-order valence-electron chi connectivity index (χ4n) is 1.80. The first-order valence-corrected chi connectivity index (χ1v) is 7.01. The summed E-state index contributed by atoms with van der Waals surface area (Å²) >= 11 is 3.10. The molecule has 1 amide bonds. The van der Waals surface area contributed by atoms with E-state index in [-0.39, 0.29) is 11.7 Å². The minimum absolute atomic E-state index is 0.122. The summed E-state index contributed by atoms with van der Waals surface area (Å²) in [7, 11) is 3.35. The molecule has 0 aliphatic heterocycles. The molecule has 3 N–H and O–H groups in total. The van der Waals surface area contributed by atoms with Gasteiger partial charge >= 0.3 is 0 Å². The number of hydrogen-bond acceptors (Lipinski definition) is 3. The number of carbonyl (C=O) groups excluding carboxylic acids is 1. The van der Waals surface area contributed by atoms with E-state index in [0.717, 1.165) is 0 Å². The maximum absolute atomic E-state index is 13.5. The van der Waals surface area contributed by atoms with Gasteiger partial charge in [-0.2, -0.15) is 0 Å². The largest absolute Gasteiger partial charge is 0.397 e. The SMILES string of the molecule is CN(C)C(=O)c1ccc(Nc2ccc(Br)c(F)c2)c(N)c1. The van der Waals surface area contributed by atoms with Crippen molar-refractivity contribution < 1.29 is 9.18 Å².